The average Bonchev–Trinajstić information content (AvgIpc) is 2.89. The molecule has 1 N–H and O–H groups in total. The van der Waals surface area contributed by atoms with Gasteiger partial charge >= 0.3 is 0 Å². The number of carbonyl (C=O) groups is 1. The molecule has 6 heteroatoms. The number of hydrogen-bond acceptors (Lipinski definition) is 2. The summed E-state index contributed by atoms with van der Waals surface area (Å²) in [6.07, 6.45) is 3.48. The summed E-state index contributed by atoms with van der Waals surface area (Å²) >= 11 is 9.43. The van der Waals surface area contributed by atoms with Gasteiger partial charge in [0.1, 0.15) is 0 Å². The molecule has 104 valence electrons. The van der Waals surface area contributed by atoms with E-state index < -0.39 is 0 Å². The number of fused-ring (bicyclic) bond motifs is 1. The van der Waals surface area contributed by atoms with E-state index in [2.05, 4.69) is 26.3 Å². The predicted molar refractivity (Wildman–Crippen MR) is 81.0 cm³/mol. The molecule has 0 bridgehead atoms. The van der Waals surface area contributed by atoms with Gasteiger partial charge in [-0.15, -0.1) is 0 Å². The highest BCUT2D eigenvalue weighted by molar-refractivity contribution is 9.10. The van der Waals surface area contributed by atoms with Gasteiger partial charge in [-0.2, -0.15) is 5.10 Å². The van der Waals surface area contributed by atoms with E-state index in [1.54, 1.807) is 18.3 Å². The third-order valence-electron chi connectivity index (χ3n) is 3.46. The first-order chi connectivity index (χ1) is 9.63. The smallest absolute Gasteiger partial charge is 0.253 e. The van der Waals surface area contributed by atoms with Crippen LogP contribution in [0.25, 0.3) is 0 Å². The van der Waals surface area contributed by atoms with Gasteiger partial charge in [0.25, 0.3) is 5.91 Å². The van der Waals surface area contributed by atoms with Crippen molar-refractivity contribution < 1.29 is 4.79 Å². The van der Waals surface area contributed by atoms with Gasteiger partial charge in [0.15, 0.2) is 0 Å². The topological polar surface area (TPSA) is 46.9 Å². The van der Waals surface area contributed by atoms with Crippen LogP contribution in [0.4, 0.5) is 0 Å². The van der Waals surface area contributed by atoms with Crippen molar-refractivity contribution >= 4 is 33.4 Å². The molecule has 0 fully saturated rings. The lowest BCUT2D eigenvalue weighted by Gasteiger charge is -2.24. The summed E-state index contributed by atoms with van der Waals surface area (Å²) in [5.74, 6) is -0.130. The molecular formula is C14H13BrClN3O. The maximum absolute atomic E-state index is 12.3. The van der Waals surface area contributed by atoms with E-state index in [1.165, 1.54) is 0 Å². The Kier molecular flexibility index (Phi) is 3.81. The monoisotopic (exact) mass is 353 g/mol. The molecule has 0 spiro atoms. The Bertz CT molecular complexity index is 656. The second-order valence-corrected chi connectivity index (χ2v) is 6.16. The van der Waals surface area contributed by atoms with Crippen molar-refractivity contribution in [3.05, 3.63) is 51.2 Å². The Morgan fingerprint density at radius 2 is 2.30 bits per heavy atom. The number of amides is 1. The Labute approximate surface area is 130 Å². The molecule has 0 saturated heterocycles. The highest BCUT2D eigenvalue weighted by Crippen LogP contribution is 2.22. The van der Waals surface area contributed by atoms with E-state index in [9.17, 15) is 4.79 Å². The Balaban J connectivity index is 1.72. The second-order valence-electron chi connectivity index (χ2n) is 4.83. The Morgan fingerprint density at radius 3 is 3.15 bits per heavy atom. The molecule has 2 heterocycles. The fourth-order valence-electron chi connectivity index (χ4n) is 2.43. The van der Waals surface area contributed by atoms with Crippen LogP contribution in [-0.4, -0.2) is 21.7 Å². The number of aromatic nitrogens is 2. The fourth-order valence-corrected chi connectivity index (χ4v) is 2.99. The van der Waals surface area contributed by atoms with E-state index >= 15 is 0 Å². The van der Waals surface area contributed by atoms with Crippen molar-refractivity contribution in [1.29, 1.82) is 0 Å². The molecule has 0 unspecified atom stereocenters. The first-order valence-electron chi connectivity index (χ1n) is 6.40. The van der Waals surface area contributed by atoms with Crippen LogP contribution in [-0.2, 0) is 13.0 Å². The summed E-state index contributed by atoms with van der Waals surface area (Å²) in [7, 11) is 0. The molecule has 1 aliphatic heterocycles. The maximum atomic E-state index is 12.3. The molecule has 2 aromatic rings. The number of nitrogens with zero attached hydrogens (tertiary/aromatic N) is 2. The minimum absolute atomic E-state index is 0.127. The summed E-state index contributed by atoms with van der Waals surface area (Å²) in [6, 6.07) is 7.39. The number of nitrogens with one attached hydrogen (secondary N) is 1. The summed E-state index contributed by atoms with van der Waals surface area (Å²) in [5.41, 5.74) is 1.65. The van der Waals surface area contributed by atoms with Gasteiger partial charge < -0.3 is 5.32 Å². The lowest BCUT2D eigenvalue weighted by molar-refractivity contribution is 0.0930. The maximum Gasteiger partial charge on any atom is 0.253 e. The zero-order valence-corrected chi connectivity index (χ0v) is 13.0. The van der Waals surface area contributed by atoms with E-state index in [0.29, 0.717) is 10.6 Å². The largest absolute Gasteiger partial charge is 0.349 e. The number of rotatable bonds is 2. The molecular weight excluding hydrogens is 342 g/mol. The van der Waals surface area contributed by atoms with Crippen LogP contribution < -0.4 is 5.32 Å². The van der Waals surface area contributed by atoms with Crippen molar-refractivity contribution in [2.75, 3.05) is 0 Å². The first-order valence-corrected chi connectivity index (χ1v) is 7.57. The molecule has 0 saturated carbocycles. The van der Waals surface area contributed by atoms with Gasteiger partial charge in [0, 0.05) is 35.4 Å². The zero-order valence-electron chi connectivity index (χ0n) is 10.6. The number of aryl methyl sites for hydroxylation is 1. The molecule has 3 rings (SSSR count). The highest BCUT2D eigenvalue weighted by atomic mass is 79.9. The molecule has 1 aromatic heterocycles. The van der Waals surface area contributed by atoms with Crippen LogP contribution in [0.1, 0.15) is 22.5 Å². The minimum Gasteiger partial charge on any atom is -0.349 e. The predicted octanol–water partition coefficient (Wildman–Crippen LogP) is 3.04. The highest BCUT2D eigenvalue weighted by Gasteiger charge is 2.21. The van der Waals surface area contributed by atoms with Gasteiger partial charge in [-0.1, -0.05) is 27.5 Å². The third-order valence-corrected chi connectivity index (χ3v) is 4.28. The van der Waals surface area contributed by atoms with E-state index in [0.717, 1.165) is 29.6 Å². The van der Waals surface area contributed by atoms with Crippen LogP contribution in [0, 0.1) is 0 Å². The van der Waals surface area contributed by atoms with Gasteiger partial charge in [0.05, 0.1) is 10.6 Å². The van der Waals surface area contributed by atoms with Crippen LogP contribution in [0.3, 0.4) is 0 Å². The van der Waals surface area contributed by atoms with Gasteiger partial charge in [-0.05, 0) is 30.7 Å². The number of benzene rings is 1. The van der Waals surface area contributed by atoms with Gasteiger partial charge in [0.2, 0.25) is 0 Å². The lowest BCUT2D eigenvalue weighted by atomic mass is 10.0. The SMILES string of the molecule is O=C(N[C@H]1CCn2nccc2C1)c1cc(Br)ccc1Cl. The summed E-state index contributed by atoms with van der Waals surface area (Å²) in [6.45, 7) is 0.833. The van der Waals surface area contributed by atoms with E-state index in [1.807, 2.05) is 16.8 Å². The summed E-state index contributed by atoms with van der Waals surface area (Å²) < 4.78 is 2.82. The fraction of sp³-hybridized carbons (Fsp3) is 0.286. The summed E-state index contributed by atoms with van der Waals surface area (Å²) in [4.78, 5) is 12.3. The molecule has 4 nitrogen and oxygen atoms in total. The number of halogens is 2. The van der Waals surface area contributed by atoms with Crippen LogP contribution in [0.15, 0.2) is 34.9 Å². The number of carbonyl (C=O) groups excluding carboxylic acids is 1. The van der Waals surface area contributed by atoms with Crippen molar-refractivity contribution in [2.45, 2.75) is 25.4 Å². The Morgan fingerprint density at radius 1 is 1.45 bits per heavy atom. The molecule has 1 amide bonds. The average molecular weight is 355 g/mol. The molecule has 1 aromatic carbocycles. The quantitative estimate of drug-likeness (QED) is 0.901. The van der Waals surface area contributed by atoms with Gasteiger partial charge in [-0.25, -0.2) is 0 Å². The van der Waals surface area contributed by atoms with Crippen molar-refractivity contribution in [1.82, 2.24) is 15.1 Å². The second kappa shape index (κ2) is 5.58. The van der Waals surface area contributed by atoms with Crippen LogP contribution in [0.2, 0.25) is 5.02 Å². The van der Waals surface area contributed by atoms with Crippen LogP contribution >= 0.6 is 27.5 Å². The third kappa shape index (κ3) is 2.74. The molecule has 1 aliphatic rings. The van der Waals surface area contributed by atoms with Crippen LogP contribution in [0.5, 0.6) is 0 Å². The Hall–Kier alpha value is -1.33. The van der Waals surface area contributed by atoms with E-state index in [-0.39, 0.29) is 11.9 Å². The van der Waals surface area contributed by atoms with Crippen molar-refractivity contribution in [3.63, 3.8) is 0 Å². The van der Waals surface area contributed by atoms with E-state index in [4.69, 9.17) is 11.6 Å². The standard InChI is InChI=1S/C14H13BrClN3O/c15-9-1-2-13(16)12(7-9)14(20)18-10-4-6-19-11(8-10)3-5-17-19/h1-3,5,7,10H,4,6,8H2,(H,18,20)/t10-/m0/s1. The van der Waals surface area contributed by atoms with Gasteiger partial charge in [-0.3, -0.25) is 9.48 Å². The van der Waals surface area contributed by atoms with Crippen molar-refractivity contribution in [2.24, 2.45) is 0 Å². The lowest BCUT2D eigenvalue weighted by Crippen LogP contribution is -2.40. The molecule has 20 heavy (non-hydrogen) atoms. The first kappa shape index (κ1) is 13.6. The normalized spacial score (nSPS) is 17.6. The molecule has 0 radical (unpaired) electrons. The zero-order chi connectivity index (χ0) is 14.1. The summed E-state index contributed by atoms with van der Waals surface area (Å²) in [5, 5.41) is 7.74. The molecule has 1 atom stereocenters. The number of hydrogen-bond donors (Lipinski definition) is 1. The van der Waals surface area contributed by atoms with Crippen molar-refractivity contribution in [3.8, 4) is 0 Å². The minimum atomic E-state index is -0.130. The molecule has 0 aliphatic carbocycles.